The van der Waals surface area contributed by atoms with E-state index in [2.05, 4.69) is 31.7 Å². The fraction of sp³-hybridized carbons (Fsp3) is 0.0588. The van der Waals surface area contributed by atoms with Gasteiger partial charge in [-0.15, -0.1) is 0 Å². The van der Waals surface area contributed by atoms with Gasteiger partial charge in [0.05, 0.1) is 21.1 Å². The van der Waals surface area contributed by atoms with Crippen molar-refractivity contribution in [2.45, 2.75) is 6.54 Å². The average molecular weight is 491 g/mol. The highest BCUT2D eigenvalue weighted by Crippen LogP contribution is 2.26. The van der Waals surface area contributed by atoms with Gasteiger partial charge in [0.25, 0.3) is 0 Å². The molecule has 0 saturated heterocycles. The molecule has 0 aliphatic heterocycles. The Labute approximate surface area is 179 Å². The third-order valence-corrected chi connectivity index (χ3v) is 5.31. The minimum absolute atomic E-state index is 0.382. The molecule has 26 heavy (non-hydrogen) atoms. The Bertz CT molecular complexity index is 961. The van der Waals surface area contributed by atoms with Gasteiger partial charge in [0.2, 0.25) is 0 Å². The number of aromatic nitrogens is 2. The number of hydrogen-bond acceptors (Lipinski definition) is 2. The number of nitrogens with zero attached hydrogens (tertiary/aromatic N) is 2. The monoisotopic (exact) mass is 488 g/mol. The predicted octanol–water partition coefficient (Wildman–Crippen LogP) is 6.46. The van der Waals surface area contributed by atoms with Crippen LogP contribution in [0.25, 0.3) is 0 Å². The zero-order valence-corrected chi connectivity index (χ0v) is 17.8. The number of anilines is 2. The van der Waals surface area contributed by atoms with Crippen LogP contribution < -0.4 is 10.6 Å². The van der Waals surface area contributed by atoms with E-state index in [1.54, 1.807) is 22.9 Å². The highest BCUT2D eigenvalue weighted by Gasteiger charge is 2.10. The van der Waals surface area contributed by atoms with Gasteiger partial charge in [-0.3, -0.25) is 4.68 Å². The highest BCUT2D eigenvalue weighted by atomic mass is 79.9. The van der Waals surface area contributed by atoms with Crippen molar-refractivity contribution < 1.29 is 0 Å². The molecule has 0 saturated carbocycles. The summed E-state index contributed by atoms with van der Waals surface area (Å²) in [6.07, 6.45) is 1.85. The molecule has 134 valence electrons. The molecule has 0 amide bonds. The zero-order valence-electron chi connectivity index (χ0n) is 13.1. The van der Waals surface area contributed by atoms with Gasteiger partial charge in [-0.2, -0.15) is 5.10 Å². The Morgan fingerprint density at radius 3 is 2.54 bits per heavy atom. The molecule has 0 spiro atoms. The van der Waals surface area contributed by atoms with Gasteiger partial charge in [-0.25, -0.2) is 0 Å². The minimum Gasteiger partial charge on any atom is -0.332 e. The quantitative estimate of drug-likeness (QED) is 0.412. The minimum atomic E-state index is 0.382. The van der Waals surface area contributed by atoms with E-state index in [1.807, 2.05) is 30.5 Å². The summed E-state index contributed by atoms with van der Waals surface area (Å²) in [6.45, 7) is 0.549. The summed E-state index contributed by atoms with van der Waals surface area (Å²) in [7, 11) is 0. The van der Waals surface area contributed by atoms with E-state index in [9.17, 15) is 0 Å². The van der Waals surface area contributed by atoms with Crippen molar-refractivity contribution in [3.63, 3.8) is 0 Å². The normalized spacial score (nSPS) is 10.6. The van der Waals surface area contributed by atoms with Crippen molar-refractivity contribution in [2.24, 2.45) is 0 Å². The summed E-state index contributed by atoms with van der Waals surface area (Å²) < 4.78 is 2.55. The molecule has 0 unspecified atom stereocenters. The summed E-state index contributed by atoms with van der Waals surface area (Å²) in [5, 5.41) is 12.6. The van der Waals surface area contributed by atoms with Crippen LogP contribution >= 0.6 is 63.0 Å². The highest BCUT2D eigenvalue weighted by molar-refractivity contribution is 9.10. The van der Waals surface area contributed by atoms with Crippen molar-refractivity contribution in [1.82, 2.24) is 9.78 Å². The second kappa shape index (κ2) is 8.59. The average Bonchev–Trinajstić information content (AvgIpc) is 2.92. The van der Waals surface area contributed by atoms with E-state index in [0.29, 0.717) is 32.5 Å². The van der Waals surface area contributed by atoms with Crippen LogP contribution in [0.3, 0.4) is 0 Å². The summed E-state index contributed by atoms with van der Waals surface area (Å²) in [5.74, 6) is 0.592. The fourth-order valence-corrected chi connectivity index (χ4v) is 3.33. The lowest BCUT2D eigenvalue weighted by Gasteiger charge is -2.10. The van der Waals surface area contributed by atoms with Crippen LogP contribution in [0.4, 0.5) is 11.5 Å². The number of halogens is 4. The van der Waals surface area contributed by atoms with Gasteiger partial charge in [-0.1, -0.05) is 53.0 Å². The Kier molecular flexibility index (Phi) is 6.42. The van der Waals surface area contributed by atoms with E-state index >= 15 is 0 Å². The molecule has 0 bridgehead atoms. The Balaban J connectivity index is 1.68. The molecule has 2 N–H and O–H groups in total. The van der Waals surface area contributed by atoms with E-state index in [0.717, 1.165) is 15.7 Å². The van der Waals surface area contributed by atoms with Crippen LogP contribution in [0.1, 0.15) is 5.56 Å². The summed E-state index contributed by atoms with van der Waals surface area (Å²) >= 11 is 26.9. The maximum absolute atomic E-state index is 6.20. The third-order valence-electron chi connectivity index (χ3n) is 3.42. The van der Waals surface area contributed by atoms with Gasteiger partial charge in [0, 0.05) is 16.9 Å². The topological polar surface area (TPSA) is 41.9 Å². The first kappa shape index (κ1) is 19.5. The molecule has 0 fully saturated rings. The molecule has 4 nitrogen and oxygen atoms in total. The smallest absolute Gasteiger partial charge is 0.176 e. The van der Waals surface area contributed by atoms with E-state index in [1.165, 1.54) is 0 Å². The molecule has 0 aliphatic carbocycles. The summed E-state index contributed by atoms with van der Waals surface area (Å²) in [6, 6.07) is 12.8. The molecule has 2 aromatic carbocycles. The maximum Gasteiger partial charge on any atom is 0.176 e. The van der Waals surface area contributed by atoms with Crippen LogP contribution in [0.2, 0.25) is 15.1 Å². The summed E-state index contributed by atoms with van der Waals surface area (Å²) in [4.78, 5) is 0. The molecular weight excluding hydrogens is 479 g/mol. The van der Waals surface area contributed by atoms with Crippen LogP contribution in [0, 0.1) is 0 Å². The molecule has 3 aromatic rings. The van der Waals surface area contributed by atoms with Gasteiger partial charge in [0.15, 0.2) is 10.9 Å². The van der Waals surface area contributed by atoms with E-state index in [-0.39, 0.29) is 0 Å². The van der Waals surface area contributed by atoms with Gasteiger partial charge in [-0.05, 0) is 58.0 Å². The van der Waals surface area contributed by atoms with Crippen molar-refractivity contribution in [3.05, 3.63) is 73.8 Å². The lowest BCUT2D eigenvalue weighted by Crippen LogP contribution is -2.19. The lowest BCUT2D eigenvalue weighted by molar-refractivity contribution is 0.690. The Morgan fingerprint density at radius 1 is 1.04 bits per heavy atom. The summed E-state index contributed by atoms with van der Waals surface area (Å²) in [5.41, 5.74) is 1.70. The predicted molar refractivity (Wildman–Crippen MR) is 117 cm³/mol. The van der Waals surface area contributed by atoms with Gasteiger partial charge < -0.3 is 10.6 Å². The second-order valence-electron chi connectivity index (χ2n) is 5.32. The number of nitrogens with one attached hydrogen (secondary N) is 2. The largest absolute Gasteiger partial charge is 0.332 e. The number of hydrogen-bond donors (Lipinski definition) is 2. The number of rotatable bonds is 4. The van der Waals surface area contributed by atoms with Crippen LogP contribution in [-0.4, -0.2) is 14.9 Å². The standard InChI is InChI=1S/C17H12BrCl3N4S/c18-12-9-25(8-10-3-1-2-4-13(10)19)24-16(12)23-17(26)22-11-5-6-14(20)15(21)7-11/h1-7,9H,8H2,(H2,22,23,24,26). The number of benzene rings is 2. The second-order valence-corrected chi connectivity index (χ2v) is 7.81. The molecule has 1 aromatic heterocycles. The molecular formula is C17H12BrCl3N4S. The molecule has 0 aliphatic rings. The third kappa shape index (κ3) is 4.90. The lowest BCUT2D eigenvalue weighted by atomic mass is 10.2. The SMILES string of the molecule is S=C(Nc1ccc(Cl)c(Cl)c1)Nc1nn(Cc2ccccc2Cl)cc1Br. The molecule has 0 atom stereocenters. The molecule has 3 rings (SSSR count). The first-order chi connectivity index (χ1) is 12.4. The van der Waals surface area contributed by atoms with E-state index < -0.39 is 0 Å². The van der Waals surface area contributed by atoms with Gasteiger partial charge >= 0.3 is 0 Å². The maximum atomic E-state index is 6.20. The van der Waals surface area contributed by atoms with E-state index in [4.69, 9.17) is 47.0 Å². The molecule has 0 radical (unpaired) electrons. The number of thiocarbonyl (C=S) groups is 1. The van der Waals surface area contributed by atoms with Crippen LogP contribution in [0.15, 0.2) is 53.1 Å². The fourth-order valence-electron chi connectivity index (χ4n) is 2.21. The Hall–Kier alpha value is -1.31. The Morgan fingerprint density at radius 2 is 1.81 bits per heavy atom. The first-order valence-electron chi connectivity index (χ1n) is 7.42. The van der Waals surface area contributed by atoms with Crippen LogP contribution in [0.5, 0.6) is 0 Å². The van der Waals surface area contributed by atoms with Crippen molar-refractivity contribution >= 4 is 79.6 Å². The first-order valence-corrected chi connectivity index (χ1v) is 9.75. The van der Waals surface area contributed by atoms with Crippen molar-refractivity contribution in [1.29, 1.82) is 0 Å². The zero-order chi connectivity index (χ0) is 18.7. The van der Waals surface area contributed by atoms with Crippen molar-refractivity contribution in [2.75, 3.05) is 10.6 Å². The van der Waals surface area contributed by atoms with Crippen LogP contribution in [-0.2, 0) is 6.54 Å². The molecule has 9 heteroatoms. The van der Waals surface area contributed by atoms with Gasteiger partial charge in [0.1, 0.15) is 0 Å². The molecule has 1 heterocycles. The van der Waals surface area contributed by atoms with Crippen molar-refractivity contribution in [3.8, 4) is 0 Å².